The van der Waals surface area contributed by atoms with E-state index in [4.69, 9.17) is 0 Å². The fraction of sp³-hybridized carbons (Fsp3) is 0.500. The van der Waals surface area contributed by atoms with E-state index in [-0.39, 0.29) is 11.8 Å². The first-order valence-electron chi connectivity index (χ1n) is 9.55. The van der Waals surface area contributed by atoms with Gasteiger partial charge in [-0.25, -0.2) is 0 Å². The summed E-state index contributed by atoms with van der Waals surface area (Å²) in [5, 5.41) is 22.8. The van der Waals surface area contributed by atoms with Crippen molar-refractivity contribution in [3.63, 3.8) is 0 Å². The molecule has 0 saturated carbocycles. The Hall–Kier alpha value is -2.74. The van der Waals surface area contributed by atoms with E-state index in [0.29, 0.717) is 36.0 Å². The monoisotopic (exact) mass is 384 g/mol. The van der Waals surface area contributed by atoms with Gasteiger partial charge in [0.05, 0.1) is 11.8 Å². The number of amides is 1. The molecule has 0 saturated heterocycles. The van der Waals surface area contributed by atoms with Gasteiger partial charge in [0.25, 0.3) is 5.91 Å². The summed E-state index contributed by atoms with van der Waals surface area (Å²) >= 11 is 0. The molecule has 0 bridgehead atoms. The van der Waals surface area contributed by atoms with E-state index in [9.17, 15) is 9.90 Å². The highest BCUT2D eigenvalue weighted by Gasteiger charge is 2.22. The van der Waals surface area contributed by atoms with Crippen LogP contribution >= 0.6 is 0 Å². The first-order chi connectivity index (χ1) is 13.3. The Kier molecular flexibility index (Phi) is 5.79. The average molecular weight is 384 g/mol. The topological polar surface area (TPSA) is 88.5 Å². The fourth-order valence-corrected chi connectivity index (χ4v) is 3.15. The van der Waals surface area contributed by atoms with Crippen molar-refractivity contribution in [2.75, 3.05) is 6.54 Å². The molecule has 3 aromatic rings. The number of rotatable bonds is 7. The molecular formula is C20H28N6O2. The predicted molar refractivity (Wildman–Crippen MR) is 106 cm³/mol. The molecule has 0 aliphatic heterocycles. The standard InChI is InChI=1S/C20H28N6O2/c1-13(2)9-25(11-15-8-21-24(5)10-15)20(28)16-6-7-17-22-23-19(26(17)12-16)18(27)14(3)4/h6-8,10,12-14,18,27H,9,11H2,1-5H3. The summed E-state index contributed by atoms with van der Waals surface area (Å²) in [7, 11) is 1.86. The second-order valence-corrected chi connectivity index (χ2v) is 7.99. The number of hydrogen-bond donors (Lipinski definition) is 1. The summed E-state index contributed by atoms with van der Waals surface area (Å²) in [5.41, 5.74) is 2.13. The molecule has 0 radical (unpaired) electrons. The van der Waals surface area contributed by atoms with Crippen LogP contribution in [0, 0.1) is 11.8 Å². The fourth-order valence-electron chi connectivity index (χ4n) is 3.15. The molecule has 0 spiro atoms. The molecule has 0 aromatic carbocycles. The molecule has 28 heavy (non-hydrogen) atoms. The number of aliphatic hydroxyl groups excluding tert-OH is 1. The van der Waals surface area contributed by atoms with Crippen LogP contribution in [0.2, 0.25) is 0 Å². The summed E-state index contributed by atoms with van der Waals surface area (Å²) in [4.78, 5) is 15.1. The van der Waals surface area contributed by atoms with Gasteiger partial charge < -0.3 is 10.0 Å². The third kappa shape index (κ3) is 4.22. The highest BCUT2D eigenvalue weighted by atomic mass is 16.3. The number of carbonyl (C=O) groups excluding carboxylic acids is 1. The van der Waals surface area contributed by atoms with Crippen molar-refractivity contribution in [1.29, 1.82) is 0 Å². The third-order valence-corrected chi connectivity index (χ3v) is 4.58. The molecule has 3 rings (SSSR count). The second-order valence-electron chi connectivity index (χ2n) is 7.99. The van der Waals surface area contributed by atoms with Crippen LogP contribution in [-0.2, 0) is 13.6 Å². The molecule has 150 valence electrons. The van der Waals surface area contributed by atoms with Gasteiger partial charge in [-0.3, -0.25) is 13.9 Å². The lowest BCUT2D eigenvalue weighted by Crippen LogP contribution is -2.33. The van der Waals surface area contributed by atoms with Gasteiger partial charge in [0.2, 0.25) is 0 Å². The number of aliphatic hydroxyl groups is 1. The van der Waals surface area contributed by atoms with Crippen LogP contribution < -0.4 is 0 Å². The summed E-state index contributed by atoms with van der Waals surface area (Å²) in [6, 6.07) is 3.52. The van der Waals surface area contributed by atoms with Crippen molar-refractivity contribution in [3.05, 3.63) is 47.7 Å². The number of carbonyl (C=O) groups is 1. The first kappa shape index (κ1) is 20.0. The first-order valence-corrected chi connectivity index (χ1v) is 9.55. The zero-order valence-electron chi connectivity index (χ0n) is 17.1. The summed E-state index contributed by atoms with van der Waals surface area (Å²) in [5.74, 6) is 0.702. The van der Waals surface area contributed by atoms with Gasteiger partial charge in [0.1, 0.15) is 6.10 Å². The van der Waals surface area contributed by atoms with Gasteiger partial charge >= 0.3 is 0 Å². The van der Waals surface area contributed by atoms with Gasteiger partial charge in [-0.1, -0.05) is 27.7 Å². The van der Waals surface area contributed by atoms with Crippen molar-refractivity contribution in [2.24, 2.45) is 18.9 Å². The Labute approximate surface area is 164 Å². The summed E-state index contributed by atoms with van der Waals surface area (Å²) in [6.45, 7) is 9.13. The second kappa shape index (κ2) is 8.10. The Morgan fingerprint density at radius 3 is 2.54 bits per heavy atom. The lowest BCUT2D eigenvalue weighted by molar-refractivity contribution is 0.0721. The molecule has 1 unspecified atom stereocenters. The third-order valence-electron chi connectivity index (χ3n) is 4.58. The van der Waals surface area contributed by atoms with Gasteiger partial charge in [-0.05, 0) is 24.0 Å². The van der Waals surface area contributed by atoms with Crippen LogP contribution in [0.3, 0.4) is 0 Å². The van der Waals surface area contributed by atoms with E-state index < -0.39 is 6.10 Å². The summed E-state index contributed by atoms with van der Waals surface area (Å²) in [6.07, 6.45) is 4.67. The number of fused-ring (bicyclic) bond motifs is 1. The highest BCUT2D eigenvalue weighted by Crippen LogP contribution is 2.21. The maximum Gasteiger partial charge on any atom is 0.255 e. The van der Waals surface area contributed by atoms with Crippen LogP contribution in [-0.4, -0.2) is 46.8 Å². The SMILES string of the molecule is CC(C)CN(Cc1cnn(C)c1)C(=O)c1ccc2nnc(C(O)C(C)C)n2c1. The minimum absolute atomic E-state index is 0.00484. The van der Waals surface area contributed by atoms with E-state index in [1.165, 1.54) is 0 Å². The summed E-state index contributed by atoms with van der Waals surface area (Å²) < 4.78 is 3.44. The number of nitrogens with zero attached hydrogens (tertiary/aromatic N) is 6. The molecule has 1 atom stereocenters. The molecular weight excluding hydrogens is 356 g/mol. The Morgan fingerprint density at radius 1 is 1.18 bits per heavy atom. The molecule has 1 amide bonds. The number of hydrogen-bond acceptors (Lipinski definition) is 5. The number of pyridine rings is 1. The Balaban J connectivity index is 1.93. The number of aromatic nitrogens is 5. The van der Waals surface area contributed by atoms with E-state index in [0.717, 1.165) is 5.56 Å². The van der Waals surface area contributed by atoms with Crippen LogP contribution in [0.15, 0.2) is 30.7 Å². The van der Waals surface area contributed by atoms with Crippen molar-refractivity contribution >= 4 is 11.6 Å². The lowest BCUT2D eigenvalue weighted by atomic mass is 10.1. The van der Waals surface area contributed by atoms with Gasteiger partial charge in [-0.2, -0.15) is 5.10 Å². The van der Waals surface area contributed by atoms with Gasteiger partial charge in [-0.15, -0.1) is 10.2 Å². The van der Waals surface area contributed by atoms with Crippen molar-refractivity contribution in [2.45, 2.75) is 40.3 Å². The molecule has 0 fully saturated rings. The normalized spacial score (nSPS) is 12.9. The molecule has 0 aliphatic rings. The highest BCUT2D eigenvalue weighted by molar-refractivity contribution is 5.94. The number of aryl methyl sites for hydroxylation is 1. The predicted octanol–water partition coefficient (Wildman–Crippen LogP) is 2.45. The minimum atomic E-state index is -0.748. The van der Waals surface area contributed by atoms with Crippen LogP contribution in [0.5, 0.6) is 0 Å². The molecule has 0 aliphatic carbocycles. The smallest absolute Gasteiger partial charge is 0.255 e. The van der Waals surface area contributed by atoms with E-state index in [1.54, 1.807) is 33.6 Å². The minimum Gasteiger partial charge on any atom is -0.385 e. The van der Waals surface area contributed by atoms with E-state index in [1.807, 2.05) is 32.0 Å². The quantitative estimate of drug-likeness (QED) is 0.676. The van der Waals surface area contributed by atoms with Crippen LogP contribution in [0.1, 0.15) is 55.5 Å². The van der Waals surface area contributed by atoms with E-state index in [2.05, 4.69) is 29.1 Å². The molecule has 3 aromatic heterocycles. The van der Waals surface area contributed by atoms with Gasteiger partial charge in [0.15, 0.2) is 11.5 Å². The maximum atomic E-state index is 13.3. The molecule has 3 heterocycles. The molecule has 8 nitrogen and oxygen atoms in total. The lowest BCUT2D eigenvalue weighted by Gasteiger charge is -2.24. The van der Waals surface area contributed by atoms with Gasteiger partial charge in [0, 0.05) is 38.1 Å². The zero-order valence-corrected chi connectivity index (χ0v) is 17.1. The van der Waals surface area contributed by atoms with Crippen molar-refractivity contribution < 1.29 is 9.90 Å². The average Bonchev–Trinajstić information content (AvgIpc) is 3.24. The molecule has 1 N–H and O–H groups in total. The van der Waals surface area contributed by atoms with Crippen LogP contribution in [0.4, 0.5) is 0 Å². The van der Waals surface area contributed by atoms with Crippen molar-refractivity contribution in [1.82, 2.24) is 29.3 Å². The van der Waals surface area contributed by atoms with Crippen LogP contribution in [0.25, 0.3) is 5.65 Å². The van der Waals surface area contributed by atoms with Crippen molar-refractivity contribution in [3.8, 4) is 0 Å². The maximum absolute atomic E-state index is 13.3. The largest absolute Gasteiger partial charge is 0.385 e. The zero-order chi connectivity index (χ0) is 20.4. The Bertz CT molecular complexity index is 959. The molecule has 8 heteroatoms. The Morgan fingerprint density at radius 2 is 1.93 bits per heavy atom. The van der Waals surface area contributed by atoms with E-state index >= 15 is 0 Å².